The summed E-state index contributed by atoms with van der Waals surface area (Å²) in [5.74, 6) is 1.63. The normalized spacial score (nSPS) is 22.2. The van der Waals surface area contributed by atoms with Gasteiger partial charge in [0.2, 0.25) is 0 Å². The van der Waals surface area contributed by atoms with E-state index >= 15 is 0 Å². The summed E-state index contributed by atoms with van der Waals surface area (Å²) in [7, 11) is 0. The van der Waals surface area contributed by atoms with Crippen LogP contribution in [0, 0.1) is 11.3 Å². The lowest BCUT2D eigenvalue weighted by Gasteiger charge is -2.35. The lowest BCUT2D eigenvalue weighted by Crippen LogP contribution is -2.34. The Morgan fingerprint density at radius 2 is 2.14 bits per heavy atom. The molecule has 2 nitrogen and oxygen atoms in total. The maximum absolute atomic E-state index is 5.60. The number of nitrogens with one attached hydrogen (secondary N) is 1. The SMILES string of the molecule is CCNC(c1ccc(OCC)cc1Br)C1CCCC1(C)C. The zero-order chi connectivity index (χ0) is 15.5. The van der Waals surface area contributed by atoms with Gasteiger partial charge in [-0.3, -0.25) is 0 Å². The molecule has 118 valence electrons. The third kappa shape index (κ3) is 3.81. The topological polar surface area (TPSA) is 21.3 Å². The molecule has 3 heteroatoms. The van der Waals surface area contributed by atoms with Crippen molar-refractivity contribution in [2.45, 2.75) is 53.0 Å². The first-order valence-corrected chi connectivity index (χ1v) is 8.94. The summed E-state index contributed by atoms with van der Waals surface area (Å²) >= 11 is 3.75. The van der Waals surface area contributed by atoms with E-state index in [9.17, 15) is 0 Å². The molecule has 1 aliphatic rings. The van der Waals surface area contributed by atoms with Crippen molar-refractivity contribution in [3.63, 3.8) is 0 Å². The predicted octanol–water partition coefficient (Wildman–Crippen LogP) is 5.32. The van der Waals surface area contributed by atoms with E-state index in [1.54, 1.807) is 0 Å². The average molecular weight is 354 g/mol. The highest BCUT2D eigenvalue weighted by Gasteiger charge is 2.40. The zero-order valence-corrected chi connectivity index (χ0v) is 15.3. The van der Waals surface area contributed by atoms with Gasteiger partial charge in [-0.1, -0.05) is 49.2 Å². The molecule has 1 aromatic carbocycles. The third-order valence-corrected chi connectivity index (χ3v) is 5.47. The zero-order valence-electron chi connectivity index (χ0n) is 13.7. The predicted molar refractivity (Wildman–Crippen MR) is 92.9 cm³/mol. The van der Waals surface area contributed by atoms with Crippen LogP contribution in [0.4, 0.5) is 0 Å². The van der Waals surface area contributed by atoms with Gasteiger partial charge >= 0.3 is 0 Å². The number of halogens is 1. The van der Waals surface area contributed by atoms with Gasteiger partial charge in [0, 0.05) is 10.5 Å². The Balaban J connectivity index is 2.30. The molecule has 1 saturated carbocycles. The average Bonchev–Trinajstić information content (AvgIpc) is 2.77. The number of hydrogen-bond acceptors (Lipinski definition) is 2. The monoisotopic (exact) mass is 353 g/mol. The van der Waals surface area contributed by atoms with Crippen molar-refractivity contribution >= 4 is 15.9 Å². The Kier molecular flexibility index (Phi) is 5.73. The van der Waals surface area contributed by atoms with Gasteiger partial charge in [-0.05, 0) is 55.3 Å². The van der Waals surface area contributed by atoms with Gasteiger partial charge in [-0.25, -0.2) is 0 Å². The fourth-order valence-corrected chi connectivity index (χ4v) is 4.28. The molecular formula is C18H28BrNO. The quantitative estimate of drug-likeness (QED) is 0.746. The van der Waals surface area contributed by atoms with Crippen LogP contribution in [0.2, 0.25) is 0 Å². The van der Waals surface area contributed by atoms with Crippen molar-refractivity contribution in [3.05, 3.63) is 28.2 Å². The van der Waals surface area contributed by atoms with Crippen molar-refractivity contribution < 1.29 is 4.74 Å². The van der Waals surface area contributed by atoms with E-state index in [1.165, 1.54) is 24.8 Å². The maximum atomic E-state index is 5.60. The van der Waals surface area contributed by atoms with Crippen LogP contribution in [-0.4, -0.2) is 13.2 Å². The first-order chi connectivity index (χ1) is 9.99. The summed E-state index contributed by atoms with van der Waals surface area (Å²) in [6.45, 7) is 10.7. The molecule has 1 aromatic rings. The molecule has 0 aliphatic heterocycles. The fraction of sp³-hybridized carbons (Fsp3) is 0.667. The Morgan fingerprint density at radius 1 is 1.38 bits per heavy atom. The van der Waals surface area contributed by atoms with Crippen LogP contribution in [-0.2, 0) is 0 Å². The molecule has 0 saturated heterocycles. The van der Waals surface area contributed by atoms with E-state index in [2.05, 4.69) is 60.2 Å². The van der Waals surface area contributed by atoms with Crippen molar-refractivity contribution in [1.82, 2.24) is 5.32 Å². The minimum atomic E-state index is 0.408. The van der Waals surface area contributed by atoms with E-state index < -0.39 is 0 Å². The molecule has 0 aromatic heterocycles. The van der Waals surface area contributed by atoms with Gasteiger partial charge in [0.1, 0.15) is 5.75 Å². The largest absolute Gasteiger partial charge is 0.494 e. The van der Waals surface area contributed by atoms with Crippen molar-refractivity contribution in [3.8, 4) is 5.75 Å². The molecule has 0 heterocycles. The summed E-state index contributed by atoms with van der Waals surface area (Å²) in [6.07, 6.45) is 3.98. The number of ether oxygens (including phenoxy) is 1. The molecule has 0 bridgehead atoms. The lowest BCUT2D eigenvalue weighted by molar-refractivity contribution is 0.198. The first-order valence-electron chi connectivity index (χ1n) is 8.15. The van der Waals surface area contributed by atoms with E-state index in [0.717, 1.165) is 16.8 Å². The van der Waals surface area contributed by atoms with Crippen molar-refractivity contribution in [1.29, 1.82) is 0 Å². The summed E-state index contributed by atoms with van der Waals surface area (Å²) in [6, 6.07) is 6.83. The molecule has 2 rings (SSSR count). The smallest absolute Gasteiger partial charge is 0.120 e. The van der Waals surface area contributed by atoms with E-state index in [1.807, 2.05) is 6.92 Å². The number of hydrogen-bond donors (Lipinski definition) is 1. The summed E-state index contributed by atoms with van der Waals surface area (Å²) < 4.78 is 6.75. The van der Waals surface area contributed by atoms with Crippen LogP contribution in [0.25, 0.3) is 0 Å². The number of benzene rings is 1. The van der Waals surface area contributed by atoms with Gasteiger partial charge in [0.25, 0.3) is 0 Å². The summed E-state index contributed by atoms with van der Waals surface area (Å²) in [4.78, 5) is 0. The van der Waals surface area contributed by atoms with Crippen LogP contribution >= 0.6 is 15.9 Å². The van der Waals surface area contributed by atoms with Crippen LogP contribution in [0.15, 0.2) is 22.7 Å². The van der Waals surface area contributed by atoms with Crippen LogP contribution in [0.1, 0.15) is 58.6 Å². The minimum absolute atomic E-state index is 0.408. The molecule has 21 heavy (non-hydrogen) atoms. The molecule has 1 N–H and O–H groups in total. The third-order valence-electron chi connectivity index (χ3n) is 4.78. The molecule has 2 unspecified atom stereocenters. The molecule has 1 aliphatic carbocycles. The van der Waals surface area contributed by atoms with Gasteiger partial charge in [0.05, 0.1) is 6.61 Å². The second-order valence-electron chi connectivity index (χ2n) is 6.64. The maximum Gasteiger partial charge on any atom is 0.120 e. The minimum Gasteiger partial charge on any atom is -0.494 e. The highest BCUT2D eigenvalue weighted by Crippen LogP contribution is 2.49. The molecule has 0 spiro atoms. The van der Waals surface area contributed by atoms with Crippen molar-refractivity contribution in [2.75, 3.05) is 13.2 Å². The summed E-state index contributed by atoms with van der Waals surface area (Å²) in [5.41, 5.74) is 1.77. The highest BCUT2D eigenvalue weighted by molar-refractivity contribution is 9.10. The molecular weight excluding hydrogens is 326 g/mol. The Labute approximate surface area is 137 Å². The van der Waals surface area contributed by atoms with Crippen LogP contribution < -0.4 is 10.1 Å². The Hall–Kier alpha value is -0.540. The van der Waals surface area contributed by atoms with E-state index in [0.29, 0.717) is 24.0 Å². The van der Waals surface area contributed by atoms with Gasteiger partial charge in [-0.2, -0.15) is 0 Å². The Morgan fingerprint density at radius 3 is 2.67 bits per heavy atom. The van der Waals surface area contributed by atoms with Gasteiger partial charge < -0.3 is 10.1 Å². The van der Waals surface area contributed by atoms with Gasteiger partial charge in [0.15, 0.2) is 0 Å². The van der Waals surface area contributed by atoms with Crippen LogP contribution in [0.5, 0.6) is 5.75 Å². The second kappa shape index (κ2) is 7.15. The standard InChI is InChI=1S/C18H28BrNO/c1-5-20-17(15-8-7-11-18(15,3)4)14-10-9-13(21-6-2)12-16(14)19/h9-10,12,15,17,20H,5-8,11H2,1-4H3. The Bertz CT molecular complexity index is 472. The van der Waals surface area contributed by atoms with Gasteiger partial charge in [-0.15, -0.1) is 0 Å². The second-order valence-corrected chi connectivity index (χ2v) is 7.49. The van der Waals surface area contributed by atoms with Crippen molar-refractivity contribution in [2.24, 2.45) is 11.3 Å². The molecule has 0 radical (unpaired) electrons. The first kappa shape index (κ1) is 16.8. The number of rotatable bonds is 6. The van der Waals surface area contributed by atoms with E-state index in [-0.39, 0.29) is 0 Å². The molecule has 0 amide bonds. The highest BCUT2D eigenvalue weighted by atomic mass is 79.9. The fourth-order valence-electron chi connectivity index (χ4n) is 3.68. The van der Waals surface area contributed by atoms with Crippen LogP contribution in [0.3, 0.4) is 0 Å². The van der Waals surface area contributed by atoms with E-state index in [4.69, 9.17) is 4.74 Å². The summed E-state index contributed by atoms with van der Waals surface area (Å²) in [5, 5.41) is 3.72. The lowest BCUT2D eigenvalue weighted by atomic mass is 9.75. The molecule has 1 fully saturated rings. The molecule has 2 atom stereocenters.